The van der Waals surface area contributed by atoms with Crippen molar-refractivity contribution < 1.29 is 4.74 Å². The highest BCUT2D eigenvalue weighted by Crippen LogP contribution is 2.49. The van der Waals surface area contributed by atoms with E-state index in [1.807, 2.05) is 13.0 Å². The van der Waals surface area contributed by atoms with Gasteiger partial charge in [0.15, 0.2) is 0 Å². The van der Waals surface area contributed by atoms with Crippen molar-refractivity contribution in [2.24, 2.45) is 4.99 Å². The lowest BCUT2D eigenvalue weighted by atomic mass is 9.85. The number of rotatable bonds is 8. The number of hydrogen-bond acceptors (Lipinski definition) is 4. The lowest BCUT2D eigenvalue weighted by molar-refractivity contribution is 0.0216. The number of aliphatic imine (C=N–C) groups is 1. The summed E-state index contributed by atoms with van der Waals surface area (Å²) in [7, 11) is 0. The first-order valence-electron chi connectivity index (χ1n) is 10.0. The molecule has 0 spiro atoms. The summed E-state index contributed by atoms with van der Waals surface area (Å²) in [6.45, 7) is 10.0. The smallest absolute Gasteiger partial charge is 0.120 e. The lowest BCUT2D eigenvalue weighted by Gasteiger charge is -2.27. The zero-order valence-electron chi connectivity index (χ0n) is 16.8. The molecule has 0 radical (unpaired) electrons. The summed E-state index contributed by atoms with van der Waals surface area (Å²) in [5.74, 6) is 1.12. The number of hydrogen-bond donors (Lipinski definition) is 0. The van der Waals surface area contributed by atoms with Gasteiger partial charge in [0.25, 0.3) is 0 Å². The minimum atomic E-state index is -0.00675. The van der Waals surface area contributed by atoms with Crippen LogP contribution in [0.5, 0.6) is 0 Å². The minimum absolute atomic E-state index is 0.00675. The van der Waals surface area contributed by atoms with Gasteiger partial charge < -0.3 is 4.74 Å². The van der Waals surface area contributed by atoms with Crippen molar-refractivity contribution in [2.75, 3.05) is 0 Å². The van der Waals surface area contributed by atoms with Gasteiger partial charge in [0.1, 0.15) is 16.4 Å². The highest BCUT2D eigenvalue weighted by atomic mass is 32.1. The van der Waals surface area contributed by atoms with Gasteiger partial charge in [-0.05, 0) is 62.6 Å². The molecule has 0 unspecified atom stereocenters. The van der Waals surface area contributed by atoms with E-state index in [1.54, 1.807) is 17.5 Å². The number of thiazole rings is 1. The number of allylic oxidation sites excluding steroid dienone is 6. The average molecular weight is 383 g/mol. The molecule has 1 saturated heterocycles. The topological polar surface area (TPSA) is 34.5 Å². The van der Waals surface area contributed by atoms with Crippen molar-refractivity contribution in [3.8, 4) is 0 Å². The van der Waals surface area contributed by atoms with Crippen LogP contribution in [0, 0.1) is 0 Å². The van der Waals surface area contributed by atoms with Gasteiger partial charge in [-0.3, -0.25) is 4.99 Å². The zero-order chi connectivity index (χ0) is 19.3. The Labute approximate surface area is 167 Å². The summed E-state index contributed by atoms with van der Waals surface area (Å²) in [6, 6.07) is 0. The molecule has 0 atom stereocenters. The molecular formula is C23H30N2OS. The van der Waals surface area contributed by atoms with E-state index in [0.717, 1.165) is 67.0 Å². The second-order valence-electron chi connectivity index (χ2n) is 7.31. The van der Waals surface area contributed by atoms with Crippen molar-refractivity contribution in [3.05, 3.63) is 51.8 Å². The van der Waals surface area contributed by atoms with Crippen LogP contribution in [0.15, 0.2) is 46.1 Å². The van der Waals surface area contributed by atoms with Crippen molar-refractivity contribution in [2.45, 2.75) is 71.3 Å². The molecule has 144 valence electrons. The molecule has 0 saturated carbocycles. The minimum Gasteiger partial charge on any atom is -0.487 e. The largest absolute Gasteiger partial charge is 0.487 e. The fraction of sp³-hybridized carbons (Fsp3) is 0.478. The van der Waals surface area contributed by atoms with Crippen LogP contribution in [0.4, 0.5) is 0 Å². The van der Waals surface area contributed by atoms with Crippen molar-refractivity contribution in [1.82, 2.24) is 4.98 Å². The third kappa shape index (κ3) is 4.16. The Morgan fingerprint density at radius 2 is 2.11 bits per heavy atom. The van der Waals surface area contributed by atoms with Crippen LogP contribution in [0.3, 0.4) is 0 Å². The van der Waals surface area contributed by atoms with Gasteiger partial charge >= 0.3 is 0 Å². The maximum Gasteiger partial charge on any atom is 0.120 e. The molecule has 2 aliphatic rings. The van der Waals surface area contributed by atoms with E-state index >= 15 is 0 Å². The molecule has 1 fully saturated rings. The SMILES string of the molecule is C=N/C=C\C(=C/C)c1csc(C2=C3CC(CCC)(CCC)OC3=CCC2)n1. The highest BCUT2D eigenvalue weighted by Gasteiger charge is 2.42. The molecule has 0 aromatic carbocycles. The Morgan fingerprint density at radius 3 is 2.78 bits per heavy atom. The van der Waals surface area contributed by atoms with Crippen LogP contribution in [0.25, 0.3) is 11.1 Å². The van der Waals surface area contributed by atoms with E-state index in [4.69, 9.17) is 9.72 Å². The monoisotopic (exact) mass is 382 g/mol. The predicted octanol–water partition coefficient (Wildman–Crippen LogP) is 6.95. The Bertz CT molecular complexity index is 804. The van der Waals surface area contributed by atoms with Crippen LogP contribution in [-0.2, 0) is 4.74 Å². The first-order valence-corrected chi connectivity index (χ1v) is 10.9. The summed E-state index contributed by atoms with van der Waals surface area (Å²) in [5, 5.41) is 3.28. The molecule has 0 amide bonds. The maximum absolute atomic E-state index is 6.55. The van der Waals surface area contributed by atoms with E-state index in [9.17, 15) is 0 Å². The quantitative estimate of drug-likeness (QED) is 0.360. The van der Waals surface area contributed by atoms with Gasteiger partial charge in [-0.25, -0.2) is 4.98 Å². The van der Waals surface area contributed by atoms with Gasteiger partial charge in [0, 0.05) is 23.6 Å². The van der Waals surface area contributed by atoms with Gasteiger partial charge in [0.05, 0.1) is 5.69 Å². The fourth-order valence-electron chi connectivity index (χ4n) is 4.22. The van der Waals surface area contributed by atoms with Crippen molar-refractivity contribution in [3.63, 3.8) is 0 Å². The van der Waals surface area contributed by atoms with Crippen LogP contribution in [0.2, 0.25) is 0 Å². The second kappa shape index (κ2) is 8.83. The van der Waals surface area contributed by atoms with E-state index in [0.29, 0.717) is 0 Å². The summed E-state index contributed by atoms with van der Waals surface area (Å²) < 4.78 is 6.55. The predicted molar refractivity (Wildman–Crippen MR) is 117 cm³/mol. The molecule has 3 rings (SSSR count). The Morgan fingerprint density at radius 1 is 1.33 bits per heavy atom. The van der Waals surface area contributed by atoms with Gasteiger partial charge in [-0.1, -0.05) is 32.8 Å². The third-order valence-corrected chi connectivity index (χ3v) is 6.25. The molecule has 1 aliphatic heterocycles. The highest BCUT2D eigenvalue weighted by molar-refractivity contribution is 7.10. The Hall–Kier alpha value is -1.94. The Kier molecular flexibility index (Phi) is 6.48. The third-order valence-electron chi connectivity index (χ3n) is 5.35. The zero-order valence-corrected chi connectivity index (χ0v) is 17.6. The normalized spacial score (nSPS) is 19.2. The second-order valence-corrected chi connectivity index (χ2v) is 8.16. The van der Waals surface area contributed by atoms with Crippen LogP contribution in [0.1, 0.15) is 76.4 Å². The van der Waals surface area contributed by atoms with Crippen LogP contribution >= 0.6 is 11.3 Å². The maximum atomic E-state index is 6.55. The first-order chi connectivity index (χ1) is 13.2. The summed E-state index contributed by atoms with van der Waals surface area (Å²) in [4.78, 5) is 8.77. The summed E-state index contributed by atoms with van der Waals surface area (Å²) in [6.07, 6.45) is 15.7. The molecule has 0 bridgehead atoms. The molecule has 0 N–H and O–H groups in total. The molecule has 1 aromatic rings. The molecule has 4 heteroatoms. The molecular weight excluding hydrogens is 352 g/mol. The average Bonchev–Trinajstić information content (AvgIpc) is 3.27. The standard InChI is InChI=1S/C23H30N2OS/c1-5-12-23(13-6-2)15-19-18(9-8-10-21(19)26-23)22-25-20(16-27-22)17(7-3)11-14-24-4/h7,10-11,14,16H,4-6,8-9,12-13,15H2,1-3H3/b14-11-,17-7+. The number of nitrogens with zero attached hydrogens (tertiary/aromatic N) is 2. The molecule has 1 aliphatic carbocycles. The van der Waals surface area contributed by atoms with Gasteiger partial charge in [-0.15, -0.1) is 11.3 Å². The number of aromatic nitrogens is 1. The van der Waals surface area contributed by atoms with Crippen LogP contribution < -0.4 is 0 Å². The summed E-state index contributed by atoms with van der Waals surface area (Å²) >= 11 is 1.74. The Balaban J connectivity index is 1.94. The van der Waals surface area contributed by atoms with E-state index in [2.05, 4.69) is 43.1 Å². The van der Waals surface area contributed by atoms with Crippen molar-refractivity contribution >= 4 is 29.2 Å². The van der Waals surface area contributed by atoms with Gasteiger partial charge in [0.2, 0.25) is 0 Å². The molecule has 27 heavy (non-hydrogen) atoms. The van der Waals surface area contributed by atoms with Crippen LogP contribution in [-0.4, -0.2) is 17.3 Å². The first kappa shape index (κ1) is 19.8. The van der Waals surface area contributed by atoms with E-state index in [-0.39, 0.29) is 5.60 Å². The lowest BCUT2D eigenvalue weighted by Crippen LogP contribution is -2.26. The molecule has 2 heterocycles. The number of fused-ring (bicyclic) bond motifs is 1. The summed E-state index contributed by atoms with van der Waals surface area (Å²) in [5.41, 5.74) is 4.87. The van der Waals surface area contributed by atoms with E-state index in [1.165, 1.54) is 11.1 Å². The molecule has 1 aromatic heterocycles. The van der Waals surface area contributed by atoms with E-state index < -0.39 is 0 Å². The van der Waals surface area contributed by atoms with Gasteiger partial charge in [-0.2, -0.15) is 0 Å². The number of ether oxygens (including phenoxy) is 1. The molecule has 3 nitrogen and oxygen atoms in total. The fourth-order valence-corrected chi connectivity index (χ4v) is 5.15. The van der Waals surface area contributed by atoms with Crippen molar-refractivity contribution in [1.29, 1.82) is 0 Å².